The fourth-order valence-corrected chi connectivity index (χ4v) is 2.82. The lowest BCUT2D eigenvalue weighted by molar-refractivity contribution is -0.00276. The second-order valence-corrected chi connectivity index (χ2v) is 5.58. The highest BCUT2D eigenvalue weighted by atomic mass is 16.3. The Morgan fingerprint density at radius 3 is 2.61 bits per heavy atom. The van der Waals surface area contributed by atoms with Crippen LogP contribution in [-0.4, -0.2) is 54.2 Å². The molecule has 0 aromatic heterocycles. The highest BCUT2D eigenvalue weighted by molar-refractivity contribution is 5.14. The van der Waals surface area contributed by atoms with Gasteiger partial charge in [-0.15, -0.1) is 0 Å². The number of hydrogen-bond acceptors (Lipinski definition) is 3. The summed E-state index contributed by atoms with van der Waals surface area (Å²) in [5.74, 6) is 0. The van der Waals surface area contributed by atoms with Crippen molar-refractivity contribution in [1.29, 1.82) is 0 Å². The summed E-state index contributed by atoms with van der Waals surface area (Å²) in [6, 6.07) is 10.6. The van der Waals surface area contributed by atoms with Gasteiger partial charge in [-0.1, -0.05) is 30.3 Å². The Morgan fingerprint density at radius 2 is 2.00 bits per heavy atom. The van der Waals surface area contributed by atoms with Crippen molar-refractivity contribution in [3.63, 3.8) is 0 Å². The van der Waals surface area contributed by atoms with E-state index in [1.807, 2.05) is 0 Å². The van der Waals surface area contributed by atoms with E-state index in [-0.39, 0.29) is 12.1 Å². The van der Waals surface area contributed by atoms with Crippen LogP contribution in [0, 0.1) is 0 Å². The lowest BCUT2D eigenvalue weighted by atomic mass is 9.88. The summed E-state index contributed by atoms with van der Waals surface area (Å²) in [6.45, 7) is 3.30. The van der Waals surface area contributed by atoms with Crippen LogP contribution in [0.25, 0.3) is 0 Å². The molecular weight excluding hydrogens is 224 g/mol. The molecule has 3 nitrogen and oxygen atoms in total. The lowest BCUT2D eigenvalue weighted by Gasteiger charge is -2.46. The molecule has 1 unspecified atom stereocenters. The van der Waals surface area contributed by atoms with Gasteiger partial charge in [0.15, 0.2) is 0 Å². The van der Waals surface area contributed by atoms with Crippen molar-refractivity contribution in [1.82, 2.24) is 9.80 Å². The average molecular weight is 248 g/mol. The predicted octanol–water partition coefficient (Wildman–Crippen LogP) is 1.58. The molecule has 0 spiro atoms. The number of likely N-dealkylation sites (N-methyl/N-ethyl adjacent to an activating group) is 1. The maximum atomic E-state index is 9.73. The number of nitrogens with zero attached hydrogens (tertiary/aromatic N) is 2. The van der Waals surface area contributed by atoms with Gasteiger partial charge in [0.2, 0.25) is 0 Å². The van der Waals surface area contributed by atoms with Gasteiger partial charge in [-0.2, -0.15) is 0 Å². The van der Waals surface area contributed by atoms with Crippen LogP contribution in [0.15, 0.2) is 30.3 Å². The maximum Gasteiger partial charge on any atom is 0.0627 e. The number of benzene rings is 1. The zero-order valence-electron chi connectivity index (χ0n) is 11.5. The minimum Gasteiger partial charge on any atom is -0.394 e. The second-order valence-electron chi connectivity index (χ2n) is 5.58. The van der Waals surface area contributed by atoms with Gasteiger partial charge >= 0.3 is 0 Å². The summed E-state index contributed by atoms with van der Waals surface area (Å²) < 4.78 is 0. The van der Waals surface area contributed by atoms with Crippen LogP contribution in [0.2, 0.25) is 0 Å². The first-order valence-electron chi connectivity index (χ1n) is 6.71. The van der Waals surface area contributed by atoms with Crippen LogP contribution in [0.5, 0.6) is 0 Å². The molecule has 0 bridgehead atoms. The van der Waals surface area contributed by atoms with Crippen LogP contribution in [-0.2, 0) is 6.54 Å². The van der Waals surface area contributed by atoms with Crippen LogP contribution in [0.3, 0.4) is 0 Å². The summed E-state index contributed by atoms with van der Waals surface area (Å²) in [6.07, 6.45) is 2.24. The summed E-state index contributed by atoms with van der Waals surface area (Å²) in [5, 5.41) is 9.73. The van der Waals surface area contributed by atoms with Crippen molar-refractivity contribution in [3.05, 3.63) is 35.9 Å². The third-order valence-corrected chi connectivity index (χ3v) is 4.13. The first kappa shape index (κ1) is 13.5. The first-order valence-corrected chi connectivity index (χ1v) is 6.71. The van der Waals surface area contributed by atoms with Crippen molar-refractivity contribution in [2.24, 2.45) is 0 Å². The Labute approximate surface area is 110 Å². The number of aliphatic hydroxyl groups is 1. The van der Waals surface area contributed by atoms with Crippen molar-refractivity contribution in [2.75, 3.05) is 33.8 Å². The van der Waals surface area contributed by atoms with E-state index in [2.05, 4.69) is 54.2 Å². The topological polar surface area (TPSA) is 26.7 Å². The normalized spacial score (nSPS) is 25.6. The average Bonchev–Trinajstić information content (AvgIpc) is 2.40. The third-order valence-electron chi connectivity index (χ3n) is 4.13. The van der Waals surface area contributed by atoms with Crippen molar-refractivity contribution in [3.8, 4) is 0 Å². The van der Waals surface area contributed by atoms with Crippen LogP contribution < -0.4 is 0 Å². The van der Waals surface area contributed by atoms with Crippen LogP contribution >= 0.6 is 0 Å². The molecule has 1 aromatic rings. The Kier molecular flexibility index (Phi) is 4.38. The summed E-state index contributed by atoms with van der Waals surface area (Å²) in [4.78, 5) is 4.64. The van der Waals surface area contributed by atoms with E-state index in [0.717, 1.165) is 32.5 Å². The summed E-state index contributed by atoms with van der Waals surface area (Å²) in [5.41, 5.74) is 1.29. The minimum absolute atomic E-state index is 0.0625. The highest BCUT2D eigenvalue weighted by Crippen LogP contribution is 2.26. The van der Waals surface area contributed by atoms with Crippen molar-refractivity contribution >= 4 is 0 Å². The third kappa shape index (κ3) is 2.91. The molecule has 3 heteroatoms. The molecule has 0 saturated carbocycles. The summed E-state index contributed by atoms with van der Waals surface area (Å²) >= 11 is 0. The number of aliphatic hydroxyl groups excluding tert-OH is 1. The molecule has 2 rings (SSSR count). The molecular formula is C15H24N2O. The maximum absolute atomic E-state index is 9.73. The minimum atomic E-state index is -0.0625. The van der Waals surface area contributed by atoms with Crippen LogP contribution in [0.1, 0.15) is 18.4 Å². The zero-order valence-corrected chi connectivity index (χ0v) is 11.5. The summed E-state index contributed by atoms with van der Waals surface area (Å²) in [7, 11) is 4.14. The Morgan fingerprint density at radius 1 is 1.28 bits per heavy atom. The SMILES string of the molecule is CN(C)C1(CO)CCCN(Cc2ccccc2)C1. The molecule has 1 fully saturated rings. The monoisotopic (exact) mass is 248 g/mol. The molecule has 100 valence electrons. The standard InChI is InChI=1S/C15H24N2O/c1-16(2)15(13-18)9-6-10-17(12-15)11-14-7-4-3-5-8-14/h3-5,7-8,18H,6,9-13H2,1-2H3. The fraction of sp³-hybridized carbons (Fsp3) is 0.600. The molecule has 1 aliphatic rings. The zero-order chi connectivity index (χ0) is 13.0. The van der Waals surface area contributed by atoms with Crippen LogP contribution in [0.4, 0.5) is 0 Å². The van der Waals surface area contributed by atoms with Gasteiger partial charge in [0, 0.05) is 13.1 Å². The smallest absolute Gasteiger partial charge is 0.0627 e. The largest absolute Gasteiger partial charge is 0.394 e. The number of likely N-dealkylation sites (tertiary alicyclic amines) is 1. The Hall–Kier alpha value is -0.900. The molecule has 1 aliphatic heterocycles. The molecule has 1 aromatic carbocycles. The molecule has 1 N–H and O–H groups in total. The van der Waals surface area contributed by atoms with E-state index in [1.54, 1.807) is 0 Å². The molecule has 0 amide bonds. The van der Waals surface area contributed by atoms with Gasteiger partial charge in [0.25, 0.3) is 0 Å². The molecule has 1 atom stereocenters. The Balaban J connectivity index is 2.02. The van der Waals surface area contributed by atoms with Gasteiger partial charge in [-0.3, -0.25) is 4.90 Å². The Bertz CT molecular complexity index is 366. The van der Waals surface area contributed by atoms with E-state index >= 15 is 0 Å². The highest BCUT2D eigenvalue weighted by Gasteiger charge is 2.36. The number of rotatable bonds is 4. The predicted molar refractivity (Wildman–Crippen MR) is 74.5 cm³/mol. The van der Waals surface area contributed by atoms with E-state index in [1.165, 1.54) is 5.56 Å². The van der Waals surface area contributed by atoms with Crippen molar-refractivity contribution in [2.45, 2.75) is 24.9 Å². The van der Waals surface area contributed by atoms with Gasteiger partial charge < -0.3 is 10.0 Å². The molecule has 0 radical (unpaired) electrons. The molecule has 18 heavy (non-hydrogen) atoms. The van der Waals surface area contributed by atoms with Gasteiger partial charge in [0.05, 0.1) is 12.1 Å². The lowest BCUT2D eigenvalue weighted by Crippen LogP contribution is -2.58. The molecule has 0 aliphatic carbocycles. The number of piperidine rings is 1. The molecule has 1 heterocycles. The van der Waals surface area contributed by atoms with Gasteiger partial charge in [-0.05, 0) is 39.0 Å². The van der Waals surface area contributed by atoms with E-state index in [9.17, 15) is 5.11 Å². The quantitative estimate of drug-likeness (QED) is 0.876. The second kappa shape index (κ2) is 5.83. The van der Waals surface area contributed by atoms with Gasteiger partial charge in [-0.25, -0.2) is 0 Å². The van der Waals surface area contributed by atoms with Gasteiger partial charge in [0.1, 0.15) is 0 Å². The van der Waals surface area contributed by atoms with E-state index in [0.29, 0.717) is 0 Å². The van der Waals surface area contributed by atoms with E-state index < -0.39 is 0 Å². The molecule has 1 saturated heterocycles. The van der Waals surface area contributed by atoms with E-state index in [4.69, 9.17) is 0 Å². The first-order chi connectivity index (χ1) is 8.66. The van der Waals surface area contributed by atoms with Crippen molar-refractivity contribution < 1.29 is 5.11 Å². The fourth-order valence-electron chi connectivity index (χ4n) is 2.82. The number of hydrogen-bond donors (Lipinski definition) is 1.